The second-order valence-corrected chi connectivity index (χ2v) is 10.6. The van der Waals surface area contributed by atoms with E-state index >= 15 is 0 Å². The summed E-state index contributed by atoms with van der Waals surface area (Å²) < 4.78 is 29.2. The van der Waals surface area contributed by atoms with Gasteiger partial charge >= 0.3 is 0 Å². The van der Waals surface area contributed by atoms with Gasteiger partial charge in [-0.25, -0.2) is 8.42 Å². The molecular weight excluding hydrogens is 424 g/mol. The van der Waals surface area contributed by atoms with Crippen LogP contribution in [-0.2, 0) is 28.0 Å². The number of hydrogen-bond donors (Lipinski definition) is 0. The van der Waals surface area contributed by atoms with Crippen molar-refractivity contribution in [1.29, 1.82) is 0 Å². The predicted molar refractivity (Wildman–Crippen MR) is 113 cm³/mol. The molecule has 0 amide bonds. The van der Waals surface area contributed by atoms with Crippen LogP contribution in [-0.4, -0.2) is 26.5 Å². The monoisotopic (exact) mass is 448 g/mol. The Labute approximate surface area is 170 Å². The summed E-state index contributed by atoms with van der Waals surface area (Å²) in [6.07, 6.45) is 4.76. The molecule has 3 nitrogen and oxygen atoms in total. The molecule has 0 spiro atoms. The van der Waals surface area contributed by atoms with Gasteiger partial charge in [0.1, 0.15) is 15.6 Å². The van der Waals surface area contributed by atoms with Gasteiger partial charge in [-0.15, -0.1) is 0 Å². The highest BCUT2D eigenvalue weighted by Gasteiger charge is 2.24. The van der Waals surface area contributed by atoms with Gasteiger partial charge in [0.15, 0.2) is 0 Å². The summed E-state index contributed by atoms with van der Waals surface area (Å²) in [6.45, 7) is 0.610. The third kappa shape index (κ3) is 4.40. The molecule has 0 atom stereocenters. The minimum Gasteiger partial charge on any atom is -0.493 e. The van der Waals surface area contributed by atoms with E-state index in [1.807, 2.05) is 0 Å². The fourth-order valence-corrected chi connectivity index (χ4v) is 6.03. The molecule has 27 heavy (non-hydrogen) atoms. The molecule has 0 aromatic heterocycles. The number of alkyl halides is 1. The summed E-state index contributed by atoms with van der Waals surface area (Å²) in [5, 5.41) is 0.869. The lowest BCUT2D eigenvalue weighted by Crippen LogP contribution is -2.26. The molecule has 0 saturated carbocycles. The lowest BCUT2D eigenvalue weighted by Gasteiger charge is -2.22. The standard InChI is InChI=1S/C22H25BrO3S/c23-14-17-4-5-18-2-1-3-19-13-20(6-7-21(19)22(18)12-17)26-15-16-8-10-27(24,25)11-9-16/h4-7,12-13,16H,1-3,8-11,14-15H2. The van der Waals surface area contributed by atoms with Crippen LogP contribution in [0.4, 0.5) is 0 Å². The molecule has 1 fully saturated rings. The summed E-state index contributed by atoms with van der Waals surface area (Å²) in [7, 11) is -2.81. The molecule has 0 bridgehead atoms. The summed E-state index contributed by atoms with van der Waals surface area (Å²) in [5.41, 5.74) is 6.75. The molecule has 4 rings (SSSR count). The Balaban J connectivity index is 1.51. The van der Waals surface area contributed by atoms with Crippen molar-refractivity contribution in [3.8, 4) is 16.9 Å². The number of aryl methyl sites for hydroxylation is 2. The SMILES string of the molecule is O=S1(=O)CCC(COc2ccc3c(c2)CCCc2ccc(CBr)cc2-3)CC1. The van der Waals surface area contributed by atoms with E-state index in [0.717, 1.165) is 43.2 Å². The second-order valence-electron chi connectivity index (χ2n) is 7.70. The third-order valence-electron chi connectivity index (χ3n) is 5.75. The molecule has 1 heterocycles. The van der Waals surface area contributed by atoms with Crippen LogP contribution in [0.2, 0.25) is 0 Å². The van der Waals surface area contributed by atoms with Gasteiger partial charge in [-0.1, -0.05) is 40.2 Å². The van der Waals surface area contributed by atoms with Crippen molar-refractivity contribution in [2.45, 2.75) is 37.4 Å². The molecule has 144 valence electrons. The number of ether oxygens (including phenoxy) is 1. The molecule has 2 aromatic carbocycles. The van der Waals surface area contributed by atoms with Crippen LogP contribution in [0.5, 0.6) is 5.75 Å². The third-order valence-corrected chi connectivity index (χ3v) is 8.11. The van der Waals surface area contributed by atoms with Crippen LogP contribution in [0.15, 0.2) is 36.4 Å². The van der Waals surface area contributed by atoms with E-state index < -0.39 is 9.84 Å². The lowest BCUT2D eigenvalue weighted by atomic mass is 9.95. The molecule has 1 aliphatic heterocycles. The maximum absolute atomic E-state index is 11.6. The van der Waals surface area contributed by atoms with E-state index in [2.05, 4.69) is 52.3 Å². The lowest BCUT2D eigenvalue weighted by molar-refractivity contribution is 0.238. The van der Waals surface area contributed by atoms with E-state index in [0.29, 0.717) is 24.0 Å². The van der Waals surface area contributed by atoms with Crippen molar-refractivity contribution >= 4 is 25.8 Å². The van der Waals surface area contributed by atoms with Gasteiger partial charge < -0.3 is 4.74 Å². The number of benzene rings is 2. The number of rotatable bonds is 4. The van der Waals surface area contributed by atoms with Gasteiger partial charge in [0.25, 0.3) is 0 Å². The van der Waals surface area contributed by atoms with E-state index in [1.165, 1.54) is 27.8 Å². The Morgan fingerprint density at radius 3 is 2.52 bits per heavy atom. The number of hydrogen-bond acceptors (Lipinski definition) is 3. The molecule has 1 saturated heterocycles. The summed E-state index contributed by atoms with van der Waals surface area (Å²) in [5.74, 6) is 1.85. The highest BCUT2D eigenvalue weighted by molar-refractivity contribution is 9.08. The van der Waals surface area contributed by atoms with Gasteiger partial charge in [-0.3, -0.25) is 0 Å². The molecular formula is C22H25BrO3S. The first-order chi connectivity index (χ1) is 13.0. The minimum atomic E-state index is -2.81. The normalized spacial score (nSPS) is 19.0. The number of fused-ring (bicyclic) bond motifs is 3. The van der Waals surface area contributed by atoms with E-state index in [9.17, 15) is 8.42 Å². The quantitative estimate of drug-likeness (QED) is 0.621. The summed E-state index contributed by atoms with van der Waals surface area (Å²) >= 11 is 3.56. The number of sulfone groups is 1. The number of halogens is 1. The second kappa shape index (κ2) is 7.96. The molecule has 2 aliphatic rings. The molecule has 1 aliphatic carbocycles. The zero-order chi connectivity index (χ0) is 18.9. The average Bonchev–Trinajstić information content (AvgIpc) is 2.85. The highest BCUT2D eigenvalue weighted by Crippen LogP contribution is 2.35. The van der Waals surface area contributed by atoms with Crippen molar-refractivity contribution in [1.82, 2.24) is 0 Å². The van der Waals surface area contributed by atoms with Gasteiger partial charge in [0.2, 0.25) is 0 Å². The first-order valence-electron chi connectivity index (χ1n) is 9.68. The molecule has 0 unspecified atom stereocenters. The fraction of sp³-hybridized carbons (Fsp3) is 0.455. The Bertz CT molecular complexity index is 923. The molecule has 2 aromatic rings. The van der Waals surface area contributed by atoms with Crippen LogP contribution in [0.3, 0.4) is 0 Å². The van der Waals surface area contributed by atoms with E-state index in [1.54, 1.807) is 0 Å². The minimum absolute atomic E-state index is 0.303. The van der Waals surface area contributed by atoms with Gasteiger partial charge in [0.05, 0.1) is 18.1 Å². The zero-order valence-electron chi connectivity index (χ0n) is 15.4. The topological polar surface area (TPSA) is 43.4 Å². The van der Waals surface area contributed by atoms with Gasteiger partial charge in [-0.2, -0.15) is 0 Å². The summed E-state index contributed by atoms with van der Waals surface area (Å²) in [6, 6.07) is 13.2. The van der Waals surface area contributed by atoms with Crippen LogP contribution >= 0.6 is 15.9 Å². The predicted octanol–water partition coefficient (Wildman–Crippen LogP) is 4.94. The first kappa shape index (κ1) is 19.0. The fourth-order valence-electron chi connectivity index (χ4n) is 4.09. The van der Waals surface area contributed by atoms with Crippen LogP contribution in [0.25, 0.3) is 11.1 Å². The van der Waals surface area contributed by atoms with Crippen LogP contribution < -0.4 is 4.74 Å². The molecule has 5 heteroatoms. The van der Waals surface area contributed by atoms with Crippen LogP contribution in [0.1, 0.15) is 36.0 Å². The van der Waals surface area contributed by atoms with Crippen LogP contribution in [0, 0.1) is 5.92 Å². The Morgan fingerprint density at radius 2 is 1.74 bits per heavy atom. The smallest absolute Gasteiger partial charge is 0.150 e. The maximum atomic E-state index is 11.6. The van der Waals surface area contributed by atoms with E-state index in [4.69, 9.17) is 4.74 Å². The van der Waals surface area contributed by atoms with Gasteiger partial charge in [-0.05, 0) is 78.0 Å². The van der Waals surface area contributed by atoms with Crippen molar-refractivity contribution < 1.29 is 13.2 Å². The van der Waals surface area contributed by atoms with Crippen molar-refractivity contribution in [3.63, 3.8) is 0 Å². The first-order valence-corrected chi connectivity index (χ1v) is 12.6. The average molecular weight is 449 g/mol. The largest absolute Gasteiger partial charge is 0.493 e. The van der Waals surface area contributed by atoms with E-state index in [-0.39, 0.29) is 0 Å². The van der Waals surface area contributed by atoms with Crippen molar-refractivity contribution in [3.05, 3.63) is 53.1 Å². The Hall–Kier alpha value is -1.33. The Kier molecular flexibility index (Phi) is 5.60. The molecule has 0 radical (unpaired) electrons. The maximum Gasteiger partial charge on any atom is 0.150 e. The van der Waals surface area contributed by atoms with Crippen molar-refractivity contribution in [2.75, 3.05) is 18.1 Å². The zero-order valence-corrected chi connectivity index (χ0v) is 17.8. The summed E-state index contributed by atoms with van der Waals surface area (Å²) in [4.78, 5) is 0. The van der Waals surface area contributed by atoms with Gasteiger partial charge in [0, 0.05) is 5.33 Å². The Morgan fingerprint density at radius 1 is 0.963 bits per heavy atom. The molecule has 0 N–H and O–H groups in total. The van der Waals surface area contributed by atoms with Crippen molar-refractivity contribution in [2.24, 2.45) is 5.92 Å². The highest BCUT2D eigenvalue weighted by atomic mass is 79.9.